The first-order valence-corrected chi connectivity index (χ1v) is 14.6. The molecule has 0 aliphatic heterocycles. The number of carbonyl (C=O) groups is 2. The van der Waals surface area contributed by atoms with E-state index < -0.39 is 16.1 Å². The van der Waals surface area contributed by atoms with E-state index in [0.717, 1.165) is 24.0 Å². The Balaban J connectivity index is 2.11. The van der Waals surface area contributed by atoms with Crippen molar-refractivity contribution in [2.75, 3.05) is 23.7 Å². The molecule has 0 fully saturated rings. The van der Waals surface area contributed by atoms with Crippen molar-refractivity contribution in [3.63, 3.8) is 0 Å². The Morgan fingerprint density at radius 1 is 0.917 bits per heavy atom. The van der Waals surface area contributed by atoms with Crippen LogP contribution >= 0.6 is 0 Å². The summed E-state index contributed by atoms with van der Waals surface area (Å²) >= 11 is 0. The molecule has 2 aromatic carbocycles. The van der Waals surface area contributed by atoms with E-state index in [-0.39, 0.29) is 30.8 Å². The molecule has 0 saturated carbocycles. The van der Waals surface area contributed by atoms with Gasteiger partial charge in [0, 0.05) is 25.6 Å². The molecule has 2 amide bonds. The summed E-state index contributed by atoms with van der Waals surface area (Å²) in [5, 5.41) is 2.97. The fourth-order valence-corrected chi connectivity index (χ4v) is 4.90. The maximum absolute atomic E-state index is 13.3. The Bertz CT molecular complexity index is 1070. The van der Waals surface area contributed by atoms with Gasteiger partial charge in [-0.1, -0.05) is 56.3 Å². The van der Waals surface area contributed by atoms with Crippen LogP contribution in [-0.2, 0) is 32.5 Å². The van der Waals surface area contributed by atoms with Crippen molar-refractivity contribution in [2.24, 2.45) is 0 Å². The summed E-state index contributed by atoms with van der Waals surface area (Å²) in [6.07, 6.45) is 3.98. The fourth-order valence-electron chi connectivity index (χ4n) is 3.94. The number of sulfonamides is 1. The van der Waals surface area contributed by atoms with E-state index in [0.29, 0.717) is 25.1 Å². The van der Waals surface area contributed by atoms with Gasteiger partial charge in [0.15, 0.2) is 0 Å². The Morgan fingerprint density at radius 2 is 1.56 bits per heavy atom. The highest BCUT2D eigenvalue weighted by atomic mass is 32.2. The molecule has 2 aromatic rings. The zero-order valence-electron chi connectivity index (χ0n) is 22.2. The minimum Gasteiger partial charge on any atom is -0.352 e. The van der Waals surface area contributed by atoms with Crippen molar-refractivity contribution in [3.8, 4) is 0 Å². The lowest BCUT2D eigenvalue weighted by atomic mass is 10.1. The second-order valence-electron chi connectivity index (χ2n) is 9.28. The van der Waals surface area contributed by atoms with E-state index in [2.05, 4.69) is 5.32 Å². The highest BCUT2D eigenvalue weighted by Gasteiger charge is 2.26. The summed E-state index contributed by atoms with van der Waals surface area (Å²) in [7, 11) is -3.50. The molecule has 0 aliphatic carbocycles. The van der Waals surface area contributed by atoms with Crippen LogP contribution in [0, 0.1) is 0 Å². The number of hydrogen-bond acceptors (Lipinski definition) is 4. The predicted octanol–water partition coefficient (Wildman–Crippen LogP) is 4.17. The van der Waals surface area contributed by atoms with Crippen LogP contribution in [0.3, 0.4) is 0 Å². The number of aryl methyl sites for hydroxylation is 1. The molecule has 2 rings (SSSR count). The van der Waals surface area contributed by atoms with E-state index in [1.54, 1.807) is 24.0 Å². The van der Waals surface area contributed by atoms with Crippen LogP contribution in [0.2, 0.25) is 0 Å². The summed E-state index contributed by atoms with van der Waals surface area (Å²) in [5.41, 5.74) is 2.80. The van der Waals surface area contributed by atoms with Crippen molar-refractivity contribution in [1.29, 1.82) is 0 Å². The maximum atomic E-state index is 13.3. The second-order valence-corrected chi connectivity index (χ2v) is 11.2. The number of nitrogens with one attached hydrogen (secondary N) is 1. The third kappa shape index (κ3) is 8.97. The Labute approximate surface area is 216 Å². The Hall–Kier alpha value is -2.87. The molecule has 198 valence electrons. The molecule has 0 aliphatic rings. The topological polar surface area (TPSA) is 86.8 Å². The summed E-state index contributed by atoms with van der Waals surface area (Å²) < 4.78 is 26.3. The van der Waals surface area contributed by atoms with Crippen LogP contribution in [0.15, 0.2) is 54.6 Å². The molecule has 36 heavy (non-hydrogen) atoms. The first kappa shape index (κ1) is 29.4. The van der Waals surface area contributed by atoms with Gasteiger partial charge in [-0.15, -0.1) is 0 Å². The zero-order valence-corrected chi connectivity index (χ0v) is 23.1. The zero-order chi connectivity index (χ0) is 26.7. The lowest BCUT2D eigenvalue weighted by Crippen LogP contribution is -2.50. The molecule has 0 aromatic heterocycles. The number of nitrogens with zero attached hydrogens (tertiary/aromatic N) is 2. The third-order valence-electron chi connectivity index (χ3n) is 6.44. The lowest BCUT2D eigenvalue weighted by molar-refractivity contribution is -0.140. The van der Waals surface area contributed by atoms with E-state index >= 15 is 0 Å². The monoisotopic (exact) mass is 515 g/mol. The minimum atomic E-state index is -3.50. The molecule has 0 spiro atoms. The number of benzene rings is 2. The number of rotatable bonds is 14. The van der Waals surface area contributed by atoms with Crippen LogP contribution < -0.4 is 9.62 Å². The predicted molar refractivity (Wildman–Crippen MR) is 146 cm³/mol. The van der Waals surface area contributed by atoms with Crippen LogP contribution in [0.25, 0.3) is 0 Å². The smallest absolute Gasteiger partial charge is 0.242 e. The van der Waals surface area contributed by atoms with Gasteiger partial charge in [0.25, 0.3) is 0 Å². The second kappa shape index (κ2) is 14.0. The first-order valence-electron chi connectivity index (χ1n) is 12.8. The third-order valence-corrected chi connectivity index (χ3v) is 7.63. The van der Waals surface area contributed by atoms with E-state index in [1.165, 1.54) is 10.6 Å². The number of carbonyl (C=O) groups excluding carboxylic acids is 2. The highest BCUT2D eigenvalue weighted by molar-refractivity contribution is 7.92. The molecule has 0 unspecified atom stereocenters. The maximum Gasteiger partial charge on any atom is 0.242 e. The normalized spacial score (nSPS) is 13.0. The lowest BCUT2D eigenvalue weighted by Gasteiger charge is -2.30. The van der Waals surface area contributed by atoms with Gasteiger partial charge in [-0.3, -0.25) is 13.9 Å². The van der Waals surface area contributed by atoms with Gasteiger partial charge in [-0.2, -0.15) is 0 Å². The fraction of sp³-hybridized carbons (Fsp3) is 0.500. The van der Waals surface area contributed by atoms with Crippen molar-refractivity contribution < 1.29 is 18.0 Å². The van der Waals surface area contributed by atoms with E-state index in [1.807, 2.05) is 63.2 Å². The molecule has 0 bridgehead atoms. The van der Waals surface area contributed by atoms with Gasteiger partial charge in [0.05, 0.1) is 11.9 Å². The quantitative estimate of drug-likeness (QED) is 0.409. The molecule has 0 radical (unpaired) electrons. The van der Waals surface area contributed by atoms with Crippen molar-refractivity contribution in [2.45, 2.75) is 71.9 Å². The summed E-state index contributed by atoms with van der Waals surface area (Å²) in [4.78, 5) is 27.7. The van der Waals surface area contributed by atoms with Gasteiger partial charge >= 0.3 is 0 Å². The minimum absolute atomic E-state index is 0.0217. The highest BCUT2D eigenvalue weighted by Crippen LogP contribution is 2.20. The standard InChI is InChI=1S/C28H41N3O4S/c1-6-22(3)29-28(33)23(4)30(21-19-25-12-9-8-10-13-25)27(32)14-11-20-31(36(5,34)35)26-17-15-24(7-2)16-18-26/h8-10,12-13,15-18,22-23H,6-7,11,14,19-21H2,1-5H3,(H,29,33)/t22-,23+/m1/s1. The number of amides is 2. The summed E-state index contributed by atoms with van der Waals surface area (Å²) in [6.45, 7) is 8.33. The van der Waals surface area contributed by atoms with Crippen LogP contribution in [-0.4, -0.2) is 56.6 Å². The average molecular weight is 516 g/mol. The Morgan fingerprint density at radius 3 is 2.11 bits per heavy atom. The average Bonchev–Trinajstić information content (AvgIpc) is 2.86. The molecular formula is C28H41N3O4S. The molecule has 1 N–H and O–H groups in total. The van der Waals surface area contributed by atoms with Crippen LogP contribution in [0.5, 0.6) is 0 Å². The van der Waals surface area contributed by atoms with Gasteiger partial charge in [0.2, 0.25) is 21.8 Å². The summed E-state index contributed by atoms with van der Waals surface area (Å²) in [6, 6.07) is 16.7. The summed E-state index contributed by atoms with van der Waals surface area (Å²) in [5.74, 6) is -0.341. The van der Waals surface area contributed by atoms with E-state index in [9.17, 15) is 18.0 Å². The SMILES string of the molecule is CCc1ccc(N(CCCC(=O)N(CCc2ccccc2)[C@@H](C)C(=O)N[C@H](C)CC)S(C)(=O)=O)cc1. The van der Waals surface area contributed by atoms with E-state index in [4.69, 9.17) is 0 Å². The number of anilines is 1. The van der Waals surface area contributed by atoms with Crippen molar-refractivity contribution in [1.82, 2.24) is 10.2 Å². The molecule has 7 nitrogen and oxygen atoms in total. The van der Waals surface area contributed by atoms with Crippen LogP contribution in [0.1, 0.15) is 58.1 Å². The van der Waals surface area contributed by atoms with Gasteiger partial charge < -0.3 is 10.2 Å². The van der Waals surface area contributed by atoms with Gasteiger partial charge in [0.1, 0.15) is 6.04 Å². The molecular weight excluding hydrogens is 474 g/mol. The molecule has 0 heterocycles. The Kier molecular flexibility index (Phi) is 11.4. The molecule has 0 saturated heterocycles. The van der Waals surface area contributed by atoms with Crippen molar-refractivity contribution in [3.05, 3.63) is 65.7 Å². The van der Waals surface area contributed by atoms with Crippen molar-refractivity contribution >= 4 is 27.5 Å². The molecule has 8 heteroatoms. The van der Waals surface area contributed by atoms with Gasteiger partial charge in [-0.05, 0) is 62.8 Å². The number of hydrogen-bond donors (Lipinski definition) is 1. The van der Waals surface area contributed by atoms with Crippen LogP contribution in [0.4, 0.5) is 5.69 Å². The molecule has 2 atom stereocenters. The first-order chi connectivity index (χ1) is 17.1. The largest absolute Gasteiger partial charge is 0.352 e. The van der Waals surface area contributed by atoms with Gasteiger partial charge in [-0.25, -0.2) is 8.42 Å².